The molecule has 0 unspecified atom stereocenters. The number of rotatable bonds is 5. The van der Waals surface area contributed by atoms with Crippen LogP contribution in [0.2, 0.25) is 0 Å². The first-order valence-corrected chi connectivity index (χ1v) is 6.22. The second kappa shape index (κ2) is 5.89. The molecule has 4 heteroatoms. The van der Waals surface area contributed by atoms with E-state index < -0.39 is 0 Å². The van der Waals surface area contributed by atoms with Gasteiger partial charge in [-0.15, -0.1) is 0 Å². The lowest BCUT2D eigenvalue weighted by Crippen LogP contribution is -2.04. The summed E-state index contributed by atoms with van der Waals surface area (Å²) in [4.78, 5) is 0. The molecule has 0 atom stereocenters. The molecular formula is C15H18FNO2. The molecule has 0 spiro atoms. The van der Waals surface area contributed by atoms with E-state index in [9.17, 15) is 4.39 Å². The first-order valence-electron chi connectivity index (χ1n) is 6.22. The molecule has 102 valence electrons. The zero-order valence-electron chi connectivity index (χ0n) is 11.4. The second-order valence-electron chi connectivity index (χ2n) is 4.50. The molecule has 0 amide bonds. The van der Waals surface area contributed by atoms with Gasteiger partial charge in [0.1, 0.15) is 18.1 Å². The molecular weight excluding hydrogens is 245 g/mol. The van der Waals surface area contributed by atoms with E-state index in [1.54, 1.807) is 25.1 Å². The van der Waals surface area contributed by atoms with Gasteiger partial charge in [0.15, 0.2) is 11.6 Å². The van der Waals surface area contributed by atoms with Crippen molar-refractivity contribution in [1.82, 2.24) is 5.32 Å². The van der Waals surface area contributed by atoms with Gasteiger partial charge in [-0.3, -0.25) is 0 Å². The lowest BCUT2D eigenvalue weighted by molar-refractivity contribution is 0.256. The minimum atomic E-state index is -0.318. The number of hydrogen-bond acceptors (Lipinski definition) is 3. The van der Waals surface area contributed by atoms with E-state index >= 15 is 0 Å². The Morgan fingerprint density at radius 1 is 1.32 bits per heavy atom. The topological polar surface area (TPSA) is 34.4 Å². The number of nitrogens with one attached hydrogen (secondary N) is 1. The Bertz CT molecular complexity index is 563. The van der Waals surface area contributed by atoms with E-state index in [0.29, 0.717) is 11.3 Å². The zero-order chi connectivity index (χ0) is 13.8. The van der Waals surface area contributed by atoms with Crippen LogP contribution < -0.4 is 10.1 Å². The van der Waals surface area contributed by atoms with Crippen LogP contribution in [0.3, 0.4) is 0 Å². The van der Waals surface area contributed by atoms with E-state index in [0.717, 1.165) is 17.9 Å². The SMILES string of the molecule is CNCc1cc(COc2cccc(C)c2F)oc1C. The van der Waals surface area contributed by atoms with Gasteiger partial charge in [-0.25, -0.2) is 4.39 Å². The maximum absolute atomic E-state index is 13.7. The molecule has 2 aromatic rings. The smallest absolute Gasteiger partial charge is 0.167 e. The molecule has 2 rings (SSSR count). The summed E-state index contributed by atoms with van der Waals surface area (Å²) in [5, 5.41) is 3.07. The standard InChI is InChI=1S/C15H18FNO2/c1-10-5-4-6-14(15(10)16)18-9-13-7-12(8-17-3)11(2)19-13/h4-7,17H,8-9H2,1-3H3. The van der Waals surface area contributed by atoms with E-state index in [4.69, 9.17) is 9.15 Å². The van der Waals surface area contributed by atoms with Gasteiger partial charge in [0.2, 0.25) is 0 Å². The van der Waals surface area contributed by atoms with Crippen LogP contribution in [0.25, 0.3) is 0 Å². The predicted molar refractivity (Wildman–Crippen MR) is 71.7 cm³/mol. The molecule has 0 saturated heterocycles. The summed E-state index contributed by atoms with van der Waals surface area (Å²) < 4.78 is 24.8. The monoisotopic (exact) mass is 263 g/mol. The Hall–Kier alpha value is -1.81. The minimum absolute atomic E-state index is 0.227. The predicted octanol–water partition coefficient (Wildman–Crippen LogP) is 3.33. The molecule has 0 radical (unpaired) electrons. The molecule has 1 aromatic carbocycles. The number of halogens is 1. The summed E-state index contributed by atoms with van der Waals surface area (Å²) in [5.74, 6) is 1.49. The third kappa shape index (κ3) is 3.15. The van der Waals surface area contributed by atoms with Gasteiger partial charge in [0, 0.05) is 12.1 Å². The molecule has 3 nitrogen and oxygen atoms in total. The fourth-order valence-corrected chi connectivity index (χ4v) is 1.91. The van der Waals surface area contributed by atoms with Gasteiger partial charge in [-0.1, -0.05) is 12.1 Å². The lowest BCUT2D eigenvalue weighted by Gasteiger charge is -2.06. The van der Waals surface area contributed by atoms with Gasteiger partial charge < -0.3 is 14.5 Å². The van der Waals surface area contributed by atoms with Crippen molar-refractivity contribution in [2.45, 2.75) is 27.0 Å². The zero-order valence-corrected chi connectivity index (χ0v) is 11.4. The molecule has 19 heavy (non-hydrogen) atoms. The Morgan fingerprint density at radius 2 is 2.11 bits per heavy atom. The van der Waals surface area contributed by atoms with Crippen LogP contribution in [0.4, 0.5) is 4.39 Å². The van der Waals surface area contributed by atoms with Crippen LogP contribution in [0.5, 0.6) is 5.75 Å². The molecule has 0 aliphatic heterocycles. The number of benzene rings is 1. The summed E-state index contributed by atoms with van der Waals surface area (Å²) in [6, 6.07) is 7.03. The van der Waals surface area contributed by atoms with Crippen molar-refractivity contribution in [2.75, 3.05) is 7.05 Å². The average molecular weight is 263 g/mol. The average Bonchev–Trinajstić information content (AvgIpc) is 2.73. The van der Waals surface area contributed by atoms with Crippen LogP contribution in [0, 0.1) is 19.7 Å². The van der Waals surface area contributed by atoms with Crippen molar-refractivity contribution in [2.24, 2.45) is 0 Å². The van der Waals surface area contributed by atoms with E-state index in [1.807, 2.05) is 20.0 Å². The van der Waals surface area contributed by atoms with Crippen molar-refractivity contribution in [3.8, 4) is 5.75 Å². The summed E-state index contributed by atoms with van der Waals surface area (Å²) >= 11 is 0. The fraction of sp³-hybridized carbons (Fsp3) is 0.333. The van der Waals surface area contributed by atoms with E-state index in [1.165, 1.54) is 0 Å². The summed E-state index contributed by atoms with van der Waals surface area (Å²) in [6.07, 6.45) is 0. The van der Waals surface area contributed by atoms with Gasteiger partial charge in [0.05, 0.1) is 0 Å². The third-order valence-corrected chi connectivity index (χ3v) is 2.97. The Morgan fingerprint density at radius 3 is 2.84 bits per heavy atom. The highest BCUT2D eigenvalue weighted by Crippen LogP contribution is 2.22. The van der Waals surface area contributed by atoms with Crippen LogP contribution in [0.15, 0.2) is 28.7 Å². The maximum atomic E-state index is 13.7. The van der Waals surface area contributed by atoms with Gasteiger partial charge in [-0.05, 0) is 38.6 Å². The Kier molecular flexibility index (Phi) is 4.22. The Balaban J connectivity index is 2.06. The molecule has 0 bridgehead atoms. The van der Waals surface area contributed by atoms with Gasteiger partial charge in [0.25, 0.3) is 0 Å². The summed E-state index contributed by atoms with van der Waals surface area (Å²) in [5.41, 5.74) is 1.66. The van der Waals surface area contributed by atoms with Crippen molar-refractivity contribution in [3.63, 3.8) is 0 Å². The number of ether oxygens (including phenoxy) is 1. The minimum Gasteiger partial charge on any atom is -0.483 e. The molecule has 0 aliphatic carbocycles. The van der Waals surface area contributed by atoms with Crippen LogP contribution in [-0.2, 0) is 13.2 Å². The quantitative estimate of drug-likeness (QED) is 0.898. The highest BCUT2D eigenvalue weighted by molar-refractivity contribution is 5.30. The largest absolute Gasteiger partial charge is 0.483 e. The van der Waals surface area contributed by atoms with Crippen molar-refractivity contribution in [3.05, 3.63) is 52.7 Å². The maximum Gasteiger partial charge on any atom is 0.167 e. The third-order valence-electron chi connectivity index (χ3n) is 2.97. The van der Waals surface area contributed by atoms with Crippen LogP contribution in [-0.4, -0.2) is 7.05 Å². The normalized spacial score (nSPS) is 10.7. The van der Waals surface area contributed by atoms with Gasteiger partial charge in [-0.2, -0.15) is 0 Å². The van der Waals surface area contributed by atoms with Crippen LogP contribution >= 0.6 is 0 Å². The number of furan rings is 1. The first-order chi connectivity index (χ1) is 9.11. The highest BCUT2D eigenvalue weighted by Gasteiger charge is 2.10. The van der Waals surface area contributed by atoms with Crippen molar-refractivity contribution in [1.29, 1.82) is 0 Å². The van der Waals surface area contributed by atoms with E-state index in [-0.39, 0.29) is 18.2 Å². The lowest BCUT2D eigenvalue weighted by atomic mass is 10.2. The number of hydrogen-bond donors (Lipinski definition) is 1. The number of aryl methyl sites for hydroxylation is 2. The summed E-state index contributed by atoms with van der Waals surface area (Å²) in [6.45, 7) is 4.59. The van der Waals surface area contributed by atoms with Gasteiger partial charge >= 0.3 is 0 Å². The molecule has 0 saturated carbocycles. The molecule has 1 N–H and O–H groups in total. The highest BCUT2D eigenvalue weighted by atomic mass is 19.1. The molecule has 0 aliphatic rings. The Labute approximate surface area is 112 Å². The molecule has 1 heterocycles. The fourth-order valence-electron chi connectivity index (χ4n) is 1.91. The van der Waals surface area contributed by atoms with Crippen LogP contribution in [0.1, 0.15) is 22.6 Å². The molecule has 1 aromatic heterocycles. The van der Waals surface area contributed by atoms with Crippen molar-refractivity contribution < 1.29 is 13.5 Å². The van der Waals surface area contributed by atoms with E-state index in [2.05, 4.69) is 5.32 Å². The second-order valence-corrected chi connectivity index (χ2v) is 4.50. The first kappa shape index (κ1) is 13.6. The summed E-state index contributed by atoms with van der Waals surface area (Å²) in [7, 11) is 1.88. The molecule has 0 fully saturated rings. The van der Waals surface area contributed by atoms with Crippen molar-refractivity contribution >= 4 is 0 Å².